The molecule has 2 aromatic rings. The molecule has 2 rings (SSSR count). The Kier molecular flexibility index (Phi) is 4.19. The molecule has 0 atom stereocenters. The Morgan fingerprint density at radius 3 is 2.39 bits per heavy atom. The van der Waals surface area contributed by atoms with Crippen molar-refractivity contribution in [1.29, 1.82) is 0 Å². The topological polar surface area (TPSA) is 58.2 Å². The Morgan fingerprint density at radius 2 is 1.72 bits per heavy atom. The zero-order valence-corrected chi connectivity index (χ0v) is 10.9. The summed E-state index contributed by atoms with van der Waals surface area (Å²) < 4.78 is 21.1. The molecule has 0 radical (unpaired) electrons. The highest BCUT2D eigenvalue weighted by Gasteiger charge is 2.05. The number of hydrogen-bond acceptors (Lipinski definition) is 3. The van der Waals surface area contributed by atoms with Crippen LogP contribution >= 0.6 is 11.6 Å². The van der Waals surface area contributed by atoms with E-state index in [9.17, 15) is 8.42 Å². The first-order chi connectivity index (χ1) is 8.66. The van der Waals surface area contributed by atoms with Gasteiger partial charge in [-0.25, -0.2) is 8.42 Å². The fourth-order valence-electron chi connectivity index (χ4n) is 1.60. The van der Waals surface area contributed by atoms with Crippen LogP contribution in [0.2, 0.25) is 5.02 Å². The summed E-state index contributed by atoms with van der Waals surface area (Å²) in [6, 6.07) is 14.9. The fourth-order valence-corrected chi connectivity index (χ4v) is 1.98. The van der Waals surface area contributed by atoms with Crippen LogP contribution in [0.4, 0.5) is 5.69 Å². The van der Waals surface area contributed by atoms with Crippen molar-refractivity contribution in [3.63, 3.8) is 0 Å². The lowest BCUT2D eigenvalue weighted by atomic mass is 10.0. The van der Waals surface area contributed by atoms with Crippen molar-refractivity contribution in [1.82, 2.24) is 4.83 Å². The quantitative estimate of drug-likeness (QED) is 0.596. The van der Waals surface area contributed by atoms with Crippen molar-refractivity contribution < 1.29 is 8.42 Å². The highest BCUT2D eigenvalue weighted by Crippen LogP contribution is 2.29. The summed E-state index contributed by atoms with van der Waals surface area (Å²) in [5.41, 5.74) is 5.06. The Bertz CT molecular complexity index is 607. The molecule has 0 spiro atoms. The smallest absolute Gasteiger partial charge is 0.218 e. The van der Waals surface area contributed by atoms with Gasteiger partial charge in [-0.1, -0.05) is 48.0 Å². The van der Waals surface area contributed by atoms with Gasteiger partial charge in [0, 0.05) is 10.6 Å². The predicted octanol–water partition coefficient (Wildman–Crippen LogP) is 2.45. The minimum Gasteiger partial charge on any atom is -0.308 e. The largest absolute Gasteiger partial charge is 0.308 e. The van der Waals surface area contributed by atoms with Gasteiger partial charge >= 0.3 is 0 Å². The fraction of sp³-hybridized carbons (Fsp3) is 0. The molecular weight excluding hydrogens is 272 g/mol. The monoisotopic (exact) mass is 282 g/mol. The van der Waals surface area contributed by atoms with E-state index in [-0.39, 0.29) is 0 Å². The van der Waals surface area contributed by atoms with Gasteiger partial charge < -0.3 is 5.43 Å². The van der Waals surface area contributed by atoms with Gasteiger partial charge in [0.25, 0.3) is 0 Å². The van der Waals surface area contributed by atoms with E-state index in [0.717, 1.165) is 11.1 Å². The maximum Gasteiger partial charge on any atom is 0.218 e. The summed E-state index contributed by atoms with van der Waals surface area (Å²) in [5, 5.41) is 0.528. The predicted molar refractivity (Wildman–Crippen MR) is 74.0 cm³/mol. The summed E-state index contributed by atoms with van der Waals surface area (Å²) in [6.07, 6.45) is 0. The van der Waals surface area contributed by atoms with E-state index in [1.165, 1.54) is 0 Å². The number of thiol groups is 1. The highest BCUT2D eigenvalue weighted by molar-refractivity contribution is 7.70. The maximum absolute atomic E-state index is 10.5. The summed E-state index contributed by atoms with van der Waals surface area (Å²) in [6.45, 7) is 0. The second-order valence-electron chi connectivity index (χ2n) is 3.55. The Labute approximate surface area is 112 Å². The summed E-state index contributed by atoms with van der Waals surface area (Å²) in [4.78, 5) is 2.14. The average Bonchev–Trinajstić information content (AvgIpc) is 2.37. The molecule has 0 saturated heterocycles. The number of hydrazine groups is 1. The van der Waals surface area contributed by atoms with Crippen LogP contribution in [-0.2, 0) is 10.9 Å². The normalized spacial score (nSPS) is 10.6. The second kappa shape index (κ2) is 5.86. The third kappa shape index (κ3) is 3.22. The molecule has 4 nitrogen and oxygen atoms in total. The van der Waals surface area contributed by atoms with E-state index in [4.69, 9.17) is 11.6 Å². The van der Waals surface area contributed by atoms with Crippen LogP contribution in [-0.4, -0.2) is 8.42 Å². The third-order valence-corrected chi connectivity index (χ3v) is 2.88. The van der Waals surface area contributed by atoms with Gasteiger partial charge in [-0.3, -0.25) is 0 Å². The number of nitrogens with one attached hydrogen (secondary N) is 2. The van der Waals surface area contributed by atoms with Gasteiger partial charge in [0.05, 0.1) is 5.69 Å². The van der Waals surface area contributed by atoms with Gasteiger partial charge in [-0.2, -0.15) is 0 Å². The van der Waals surface area contributed by atoms with Crippen LogP contribution in [0.25, 0.3) is 11.1 Å². The first-order valence-electron chi connectivity index (χ1n) is 5.18. The molecule has 0 aliphatic carbocycles. The average molecular weight is 283 g/mol. The molecule has 0 aromatic heterocycles. The molecule has 0 amide bonds. The van der Waals surface area contributed by atoms with Gasteiger partial charge in [0.2, 0.25) is 10.9 Å². The number of rotatable bonds is 4. The van der Waals surface area contributed by atoms with Crippen LogP contribution < -0.4 is 10.3 Å². The van der Waals surface area contributed by atoms with Gasteiger partial charge in [0.15, 0.2) is 0 Å². The standard InChI is InChI=1S/C12H11ClN2O2S/c13-10-6-7-11(9-4-2-1-3-5-9)12(8-10)14-15-18(16)17/h1-8,14,18H,(H,15,16,17). The number of halogens is 1. The lowest BCUT2D eigenvalue weighted by Crippen LogP contribution is -2.19. The first-order valence-corrected chi connectivity index (χ1v) is 6.73. The molecule has 0 aliphatic heterocycles. The SMILES string of the molecule is O=[SH](=O)NNc1cc(Cl)ccc1-c1ccccc1. The van der Waals surface area contributed by atoms with Crippen LogP contribution in [0.5, 0.6) is 0 Å². The summed E-state index contributed by atoms with van der Waals surface area (Å²) >= 11 is 5.90. The number of benzene rings is 2. The maximum atomic E-state index is 10.5. The van der Waals surface area contributed by atoms with Crippen LogP contribution in [0, 0.1) is 0 Å². The third-order valence-electron chi connectivity index (χ3n) is 2.35. The van der Waals surface area contributed by atoms with Crippen molar-refractivity contribution in [2.75, 3.05) is 5.43 Å². The number of anilines is 1. The van der Waals surface area contributed by atoms with E-state index in [2.05, 4.69) is 10.3 Å². The van der Waals surface area contributed by atoms with Crippen molar-refractivity contribution >= 4 is 28.2 Å². The second-order valence-corrected chi connectivity index (χ2v) is 4.72. The van der Waals surface area contributed by atoms with Gasteiger partial charge in [-0.15, -0.1) is 4.83 Å². The molecule has 18 heavy (non-hydrogen) atoms. The summed E-state index contributed by atoms with van der Waals surface area (Å²) in [7, 11) is -2.72. The molecule has 0 aliphatic rings. The molecule has 94 valence electrons. The molecule has 6 heteroatoms. The van der Waals surface area contributed by atoms with Crippen molar-refractivity contribution in [3.8, 4) is 11.1 Å². The molecule has 0 fully saturated rings. The Hall–Kier alpha value is -1.56. The Balaban J connectivity index is 2.40. The van der Waals surface area contributed by atoms with Crippen LogP contribution in [0.1, 0.15) is 0 Å². The van der Waals surface area contributed by atoms with Crippen molar-refractivity contribution in [3.05, 3.63) is 53.6 Å². The van der Waals surface area contributed by atoms with E-state index >= 15 is 0 Å². The first kappa shape index (κ1) is 12.9. The zero-order valence-electron chi connectivity index (χ0n) is 9.26. The molecular formula is C12H11ClN2O2S. The lowest BCUT2D eigenvalue weighted by molar-refractivity contribution is 0.607. The minimum atomic E-state index is -2.72. The lowest BCUT2D eigenvalue weighted by Gasteiger charge is -2.11. The van der Waals surface area contributed by atoms with Crippen LogP contribution in [0.3, 0.4) is 0 Å². The van der Waals surface area contributed by atoms with Gasteiger partial charge in [0.1, 0.15) is 0 Å². The zero-order chi connectivity index (χ0) is 13.0. The summed E-state index contributed by atoms with van der Waals surface area (Å²) in [5.74, 6) is 0. The Morgan fingerprint density at radius 1 is 1.00 bits per heavy atom. The molecule has 0 saturated carbocycles. The van der Waals surface area contributed by atoms with Gasteiger partial charge in [-0.05, 0) is 17.7 Å². The van der Waals surface area contributed by atoms with E-state index in [1.54, 1.807) is 12.1 Å². The molecule has 0 unspecified atom stereocenters. The van der Waals surface area contributed by atoms with Crippen molar-refractivity contribution in [2.45, 2.75) is 0 Å². The minimum absolute atomic E-state index is 0.528. The highest BCUT2D eigenvalue weighted by atomic mass is 35.5. The molecule has 0 bridgehead atoms. The van der Waals surface area contributed by atoms with Crippen molar-refractivity contribution in [2.24, 2.45) is 0 Å². The van der Waals surface area contributed by atoms with E-state index in [1.807, 2.05) is 36.4 Å². The molecule has 2 aromatic carbocycles. The van der Waals surface area contributed by atoms with Crippen LogP contribution in [0.15, 0.2) is 48.5 Å². The molecule has 2 N–H and O–H groups in total. The number of hydrogen-bond donors (Lipinski definition) is 3. The van der Waals surface area contributed by atoms with E-state index in [0.29, 0.717) is 10.7 Å². The molecule has 0 heterocycles. The van der Waals surface area contributed by atoms with E-state index < -0.39 is 10.9 Å².